The van der Waals surface area contributed by atoms with Crippen LogP contribution in [-0.4, -0.2) is 30.1 Å². The molecule has 0 aromatic heterocycles. The van der Waals surface area contributed by atoms with Crippen molar-refractivity contribution in [2.75, 3.05) is 7.11 Å². The third kappa shape index (κ3) is 4.02. The lowest BCUT2D eigenvalue weighted by molar-refractivity contribution is -0.137. The molecule has 1 aromatic carbocycles. The molecule has 0 heterocycles. The van der Waals surface area contributed by atoms with Gasteiger partial charge in [-0.3, -0.25) is 9.59 Å². The summed E-state index contributed by atoms with van der Waals surface area (Å²) in [7, 11) is 1.43. The minimum Gasteiger partial charge on any atom is -0.494 e. The molecule has 0 saturated heterocycles. The Labute approximate surface area is 132 Å². The SMILES string of the molecule is COc1c(Cl)cc(C(=O)NC(CC(=O)O)C2CC2)cc1Cl. The molecule has 0 bridgehead atoms. The predicted molar refractivity (Wildman–Crippen MR) is 79.2 cm³/mol. The number of carboxylic acid groups (broad SMARTS) is 1. The van der Waals surface area contributed by atoms with Gasteiger partial charge in [-0.25, -0.2) is 0 Å². The number of carbonyl (C=O) groups is 2. The van der Waals surface area contributed by atoms with Gasteiger partial charge in [0, 0.05) is 11.6 Å². The van der Waals surface area contributed by atoms with Crippen LogP contribution in [-0.2, 0) is 4.79 Å². The van der Waals surface area contributed by atoms with Crippen molar-refractivity contribution in [3.63, 3.8) is 0 Å². The summed E-state index contributed by atoms with van der Waals surface area (Å²) in [5.74, 6) is -0.786. The van der Waals surface area contributed by atoms with E-state index in [1.807, 2.05) is 0 Å². The molecule has 0 aliphatic heterocycles. The van der Waals surface area contributed by atoms with Crippen LogP contribution in [0.15, 0.2) is 12.1 Å². The van der Waals surface area contributed by atoms with Gasteiger partial charge < -0.3 is 15.2 Å². The molecule has 2 rings (SSSR count). The number of methoxy groups -OCH3 is 1. The molecule has 2 N–H and O–H groups in total. The Morgan fingerprint density at radius 2 is 1.95 bits per heavy atom. The topological polar surface area (TPSA) is 75.6 Å². The standard InChI is InChI=1S/C14H15Cl2NO4/c1-21-13-9(15)4-8(5-10(13)16)14(20)17-11(6-12(18)19)7-2-3-7/h4-5,7,11H,2-3,6H2,1H3,(H,17,20)(H,18,19). The number of benzene rings is 1. The molecule has 21 heavy (non-hydrogen) atoms. The van der Waals surface area contributed by atoms with Crippen molar-refractivity contribution in [3.05, 3.63) is 27.7 Å². The maximum Gasteiger partial charge on any atom is 0.305 e. The van der Waals surface area contributed by atoms with E-state index in [4.69, 9.17) is 33.0 Å². The number of hydrogen-bond donors (Lipinski definition) is 2. The maximum absolute atomic E-state index is 12.2. The Kier molecular flexibility index (Phi) is 4.96. The number of nitrogens with one attached hydrogen (secondary N) is 1. The number of ether oxygens (including phenoxy) is 1. The Bertz CT molecular complexity index is 549. The lowest BCUT2D eigenvalue weighted by Gasteiger charge is -2.17. The summed E-state index contributed by atoms with van der Waals surface area (Å²) in [6.45, 7) is 0. The van der Waals surface area contributed by atoms with E-state index in [9.17, 15) is 9.59 Å². The zero-order chi connectivity index (χ0) is 15.6. The molecular formula is C14H15Cl2NO4. The van der Waals surface area contributed by atoms with Gasteiger partial charge in [-0.15, -0.1) is 0 Å². The molecule has 1 fully saturated rings. The van der Waals surface area contributed by atoms with Crippen LogP contribution in [0.1, 0.15) is 29.6 Å². The predicted octanol–water partition coefficient (Wildman–Crippen LogP) is 2.99. The second-order valence-electron chi connectivity index (χ2n) is 4.99. The van der Waals surface area contributed by atoms with Gasteiger partial charge in [-0.2, -0.15) is 0 Å². The highest BCUT2D eigenvalue weighted by Gasteiger charge is 2.34. The van der Waals surface area contributed by atoms with Crippen LogP contribution in [0.5, 0.6) is 5.75 Å². The first kappa shape index (κ1) is 15.9. The van der Waals surface area contributed by atoms with Crippen molar-refractivity contribution < 1.29 is 19.4 Å². The van der Waals surface area contributed by atoms with Crippen molar-refractivity contribution in [1.29, 1.82) is 0 Å². The normalized spacial score (nSPS) is 15.4. The number of hydrogen-bond acceptors (Lipinski definition) is 3. The summed E-state index contributed by atoms with van der Waals surface area (Å²) in [6.07, 6.45) is 1.78. The second-order valence-corrected chi connectivity index (χ2v) is 5.80. The highest BCUT2D eigenvalue weighted by Crippen LogP contribution is 2.35. The summed E-state index contributed by atoms with van der Waals surface area (Å²) < 4.78 is 5.02. The van der Waals surface area contributed by atoms with E-state index >= 15 is 0 Å². The lowest BCUT2D eigenvalue weighted by atomic mass is 10.1. The van der Waals surface area contributed by atoms with Gasteiger partial charge >= 0.3 is 5.97 Å². The largest absolute Gasteiger partial charge is 0.494 e. The molecule has 7 heteroatoms. The minimum atomic E-state index is -0.932. The number of carbonyl (C=O) groups excluding carboxylic acids is 1. The monoisotopic (exact) mass is 331 g/mol. The van der Waals surface area contributed by atoms with Crippen molar-refractivity contribution in [1.82, 2.24) is 5.32 Å². The van der Waals surface area contributed by atoms with Crippen LogP contribution in [0, 0.1) is 5.92 Å². The number of halogens is 2. The quantitative estimate of drug-likeness (QED) is 0.840. The highest BCUT2D eigenvalue weighted by molar-refractivity contribution is 6.37. The lowest BCUT2D eigenvalue weighted by Crippen LogP contribution is -2.38. The Hall–Kier alpha value is -1.46. The summed E-state index contributed by atoms with van der Waals surface area (Å²) in [5, 5.41) is 12.1. The summed E-state index contributed by atoms with van der Waals surface area (Å²) in [5.41, 5.74) is 0.279. The van der Waals surface area contributed by atoms with E-state index in [1.54, 1.807) is 0 Å². The molecule has 5 nitrogen and oxygen atoms in total. The van der Waals surface area contributed by atoms with Crippen molar-refractivity contribution in [2.24, 2.45) is 5.92 Å². The molecule has 1 unspecified atom stereocenters. The fourth-order valence-corrected chi connectivity index (χ4v) is 2.80. The van der Waals surface area contributed by atoms with Gasteiger partial charge in [0.25, 0.3) is 5.91 Å². The van der Waals surface area contributed by atoms with Crippen LogP contribution < -0.4 is 10.1 Å². The van der Waals surface area contributed by atoms with E-state index < -0.39 is 5.97 Å². The zero-order valence-corrected chi connectivity index (χ0v) is 12.9. The third-order valence-corrected chi connectivity index (χ3v) is 3.93. The average Bonchev–Trinajstić information content (AvgIpc) is 3.21. The molecule has 0 radical (unpaired) electrons. The molecule has 1 aliphatic rings. The minimum absolute atomic E-state index is 0.0893. The smallest absolute Gasteiger partial charge is 0.305 e. The summed E-state index contributed by atoms with van der Waals surface area (Å²) in [6, 6.07) is 2.54. The Morgan fingerprint density at radius 1 is 1.38 bits per heavy atom. The van der Waals surface area contributed by atoms with Crippen LogP contribution in [0.4, 0.5) is 0 Å². The van der Waals surface area contributed by atoms with Gasteiger partial charge in [-0.1, -0.05) is 23.2 Å². The van der Waals surface area contributed by atoms with Gasteiger partial charge in [0.05, 0.1) is 23.6 Å². The molecular weight excluding hydrogens is 317 g/mol. The number of rotatable bonds is 6. The summed E-state index contributed by atoms with van der Waals surface area (Å²) >= 11 is 12.0. The summed E-state index contributed by atoms with van der Waals surface area (Å²) in [4.78, 5) is 23.1. The van der Waals surface area contributed by atoms with Gasteiger partial charge in [0.2, 0.25) is 0 Å². The molecule has 1 saturated carbocycles. The fourth-order valence-electron chi connectivity index (χ4n) is 2.16. The first-order valence-corrected chi connectivity index (χ1v) is 7.23. The molecule has 1 atom stereocenters. The molecule has 1 aliphatic carbocycles. The zero-order valence-electron chi connectivity index (χ0n) is 11.4. The molecule has 114 valence electrons. The number of carboxylic acids is 1. The van der Waals surface area contributed by atoms with E-state index in [2.05, 4.69) is 5.32 Å². The van der Waals surface area contributed by atoms with Crippen LogP contribution in [0.25, 0.3) is 0 Å². The number of aliphatic carboxylic acids is 1. The van der Waals surface area contributed by atoms with Crippen LogP contribution in [0.3, 0.4) is 0 Å². The average molecular weight is 332 g/mol. The first-order valence-electron chi connectivity index (χ1n) is 6.48. The van der Waals surface area contributed by atoms with Gasteiger partial charge in [0.15, 0.2) is 5.75 Å². The second kappa shape index (κ2) is 6.54. The van der Waals surface area contributed by atoms with Crippen molar-refractivity contribution in [3.8, 4) is 5.75 Å². The van der Waals surface area contributed by atoms with Crippen molar-refractivity contribution in [2.45, 2.75) is 25.3 Å². The number of amides is 1. The first-order chi connectivity index (χ1) is 9.92. The molecule has 1 amide bonds. The van der Waals surface area contributed by atoms with E-state index in [1.165, 1.54) is 19.2 Å². The van der Waals surface area contributed by atoms with Crippen LogP contribution >= 0.6 is 23.2 Å². The van der Waals surface area contributed by atoms with E-state index in [0.29, 0.717) is 5.75 Å². The Morgan fingerprint density at radius 3 is 2.38 bits per heavy atom. The maximum atomic E-state index is 12.2. The van der Waals surface area contributed by atoms with Gasteiger partial charge in [-0.05, 0) is 30.9 Å². The third-order valence-electron chi connectivity index (χ3n) is 3.37. The van der Waals surface area contributed by atoms with E-state index in [0.717, 1.165) is 12.8 Å². The molecule has 1 aromatic rings. The molecule has 0 spiro atoms. The van der Waals surface area contributed by atoms with Crippen molar-refractivity contribution >= 4 is 35.1 Å². The highest BCUT2D eigenvalue weighted by atomic mass is 35.5. The van der Waals surface area contributed by atoms with E-state index in [-0.39, 0.29) is 39.9 Å². The van der Waals surface area contributed by atoms with Crippen LogP contribution in [0.2, 0.25) is 10.0 Å². The Balaban J connectivity index is 2.14. The van der Waals surface area contributed by atoms with Gasteiger partial charge in [0.1, 0.15) is 0 Å². The fraction of sp³-hybridized carbons (Fsp3) is 0.429.